The molecular formula is C22H24N2O7. The molecule has 3 atom stereocenters. The van der Waals surface area contributed by atoms with Gasteiger partial charge in [-0.3, -0.25) is 19.7 Å². The van der Waals surface area contributed by atoms with E-state index in [0.29, 0.717) is 23.4 Å². The number of nitro benzene ring substituents is 1. The molecule has 164 valence electrons. The van der Waals surface area contributed by atoms with E-state index >= 15 is 0 Å². The van der Waals surface area contributed by atoms with E-state index in [1.165, 1.54) is 31.4 Å². The van der Waals surface area contributed by atoms with Gasteiger partial charge in [-0.15, -0.1) is 0 Å². The van der Waals surface area contributed by atoms with Gasteiger partial charge in [-0.2, -0.15) is 0 Å². The fourth-order valence-electron chi connectivity index (χ4n) is 4.28. The molecule has 0 saturated heterocycles. The van der Waals surface area contributed by atoms with Gasteiger partial charge < -0.3 is 14.8 Å². The molecule has 31 heavy (non-hydrogen) atoms. The number of ketones is 1. The van der Waals surface area contributed by atoms with Crippen molar-refractivity contribution in [3.63, 3.8) is 0 Å². The molecular weight excluding hydrogens is 404 g/mol. The lowest BCUT2D eigenvalue weighted by molar-refractivity contribution is -0.384. The number of non-ortho nitro benzene ring substituents is 1. The van der Waals surface area contributed by atoms with Crippen LogP contribution in [-0.4, -0.2) is 36.4 Å². The number of nitro groups is 1. The van der Waals surface area contributed by atoms with Crippen LogP contribution in [0.15, 0.2) is 46.8 Å². The van der Waals surface area contributed by atoms with Crippen LogP contribution in [0.1, 0.15) is 38.7 Å². The Morgan fingerprint density at radius 3 is 2.45 bits per heavy atom. The average molecular weight is 428 g/mol. The molecule has 0 unspecified atom stereocenters. The van der Waals surface area contributed by atoms with Crippen molar-refractivity contribution in [2.75, 3.05) is 13.7 Å². The number of ether oxygens (including phenoxy) is 2. The van der Waals surface area contributed by atoms with Crippen molar-refractivity contribution in [1.29, 1.82) is 0 Å². The number of esters is 2. The van der Waals surface area contributed by atoms with Crippen molar-refractivity contribution >= 4 is 23.4 Å². The Labute approximate surface area is 179 Å². The van der Waals surface area contributed by atoms with Gasteiger partial charge in [-0.25, -0.2) is 4.79 Å². The quantitative estimate of drug-likeness (QED) is 0.328. The van der Waals surface area contributed by atoms with Gasteiger partial charge in [-0.1, -0.05) is 19.1 Å². The van der Waals surface area contributed by atoms with E-state index in [1.54, 1.807) is 20.8 Å². The number of carbonyl (C=O) groups is 3. The zero-order valence-electron chi connectivity index (χ0n) is 17.8. The molecule has 0 saturated carbocycles. The molecule has 1 heterocycles. The normalized spacial score (nSPS) is 23.1. The number of carbonyl (C=O) groups excluding carboxylic acids is 3. The molecule has 0 amide bonds. The summed E-state index contributed by atoms with van der Waals surface area (Å²) < 4.78 is 10.1. The third kappa shape index (κ3) is 3.95. The summed E-state index contributed by atoms with van der Waals surface area (Å²) in [4.78, 5) is 49.2. The molecule has 0 bridgehead atoms. The van der Waals surface area contributed by atoms with Gasteiger partial charge in [0.2, 0.25) is 0 Å². The monoisotopic (exact) mass is 428 g/mol. The summed E-state index contributed by atoms with van der Waals surface area (Å²) in [7, 11) is 1.23. The van der Waals surface area contributed by atoms with Crippen LogP contribution >= 0.6 is 0 Å². The summed E-state index contributed by atoms with van der Waals surface area (Å²) in [5.41, 5.74) is 2.11. The topological polar surface area (TPSA) is 125 Å². The molecule has 2 aliphatic rings. The lowest BCUT2D eigenvalue weighted by atomic mass is 9.69. The Hall–Kier alpha value is -3.49. The molecule has 0 spiro atoms. The van der Waals surface area contributed by atoms with Crippen LogP contribution in [0.5, 0.6) is 0 Å². The van der Waals surface area contributed by atoms with Gasteiger partial charge in [0, 0.05) is 35.0 Å². The van der Waals surface area contributed by atoms with Gasteiger partial charge >= 0.3 is 11.9 Å². The fraction of sp³-hybridized carbons (Fsp3) is 0.409. The lowest BCUT2D eigenvalue weighted by Crippen LogP contribution is -2.43. The first-order valence-electron chi connectivity index (χ1n) is 9.95. The van der Waals surface area contributed by atoms with E-state index in [0.717, 1.165) is 0 Å². The molecule has 1 aromatic carbocycles. The average Bonchev–Trinajstić information content (AvgIpc) is 2.72. The van der Waals surface area contributed by atoms with Crippen LogP contribution in [0.2, 0.25) is 0 Å². The molecule has 0 aromatic heterocycles. The first-order chi connectivity index (χ1) is 14.7. The minimum atomic E-state index is -0.993. The van der Waals surface area contributed by atoms with Gasteiger partial charge in [0.25, 0.3) is 5.69 Å². The smallest absolute Gasteiger partial charge is 0.336 e. The summed E-state index contributed by atoms with van der Waals surface area (Å²) in [6, 6.07) is 5.68. The highest BCUT2D eigenvalue weighted by Gasteiger charge is 2.47. The zero-order chi connectivity index (χ0) is 22.9. The molecule has 1 aliphatic carbocycles. The first-order valence-corrected chi connectivity index (χ1v) is 9.95. The number of methoxy groups -OCH3 is 1. The van der Waals surface area contributed by atoms with Crippen molar-refractivity contribution in [2.45, 2.75) is 33.1 Å². The Morgan fingerprint density at radius 1 is 1.26 bits per heavy atom. The molecule has 9 heteroatoms. The summed E-state index contributed by atoms with van der Waals surface area (Å²) in [5.74, 6) is -3.75. The second-order valence-electron chi connectivity index (χ2n) is 7.60. The predicted molar refractivity (Wildman–Crippen MR) is 110 cm³/mol. The zero-order valence-corrected chi connectivity index (χ0v) is 17.8. The Kier molecular flexibility index (Phi) is 6.24. The van der Waals surface area contributed by atoms with E-state index in [4.69, 9.17) is 9.47 Å². The lowest BCUT2D eigenvalue weighted by Gasteiger charge is -2.38. The second-order valence-corrected chi connectivity index (χ2v) is 7.60. The fourth-order valence-corrected chi connectivity index (χ4v) is 4.28. The first kappa shape index (κ1) is 22.2. The van der Waals surface area contributed by atoms with Crippen molar-refractivity contribution in [1.82, 2.24) is 5.32 Å². The van der Waals surface area contributed by atoms with Crippen LogP contribution in [0.25, 0.3) is 0 Å². The highest BCUT2D eigenvalue weighted by molar-refractivity contribution is 6.12. The molecule has 0 fully saturated rings. The standard InChI is InChI=1S/C22H24N2O7/c1-5-31-22(27)17-12(3)23-15-10-11(2)16(21(26)30-4)20(25)19(15)18(17)13-6-8-14(9-7-13)24(28)29/h6-9,11,16,18,23H,5,10H2,1-4H3/t11-,16-,18-/m0/s1. The second kappa shape index (κ2) is 8.71. The summed E-state index contributed by atoms with van der Waals surface area (Å²) in [6.07, 6.45) is 0.414. The van der Waals surface area contributed by atoms with Crippen molar-refractivity contribution in [3.05, 3.63) is 62.5 Å². The number of rotatable bonds is 5. The Bertz CT molecular complexity index is 1010. The maximum absolute atomic E-state index is 13.5. The number of allylic oxidation sites excluding steroid dienone is 3. The number of hydrogen-bond donors (Lipinski definition) is 1. The van der Waals surface area contributed by atoms with E-state index < -0.39 is 34.5 Å². The maximum Gasteiger partial charge on any atom is 0.336 e. The highest BCUT2D eigenvalue weighted by atomic mass is 16.6. The van der Waals surface area contributed by atoms with Gasteiger partial charge in [0.15, 0.2) is 5.78 Å². The molecule has 1 aromatic rings. The van der Waals surface area contributed by atoms with Crippen molar-refractivity contribution in [3.8, 4) is 0 Å². The van der Waals surface area contributed by atoms with Crippen molar-refractivity contribution < 1.29 is 28.8 Å². The van der Waals surface area contributed by atoms with E-state index in [-0.39, 0.29) is 29.4 Å². The van der Waals surface area contributed by atoms with Crippen LogP contribution in [0.4, 0.5) is 5.69 Å². The SMILES string of the molecule is CCOC(=O)C1=C(C)NC2=C(C(=O)[C@@H](C(=O)OC)[C@@H](C)C2)[C@H]1c1ccc([N+](=O)[O-])cc1. The minimum Gasteiger partial charge on any atom is -0.468 e. The number of nitrogens with zero attached hydrogens (tertiary/aromatic N) is 1. The third-order valence-electron chi connectivity index (χ3n) is 5.68. The van der Waals surface area contributed by atoms with Crippen LogP contribution in [-0.2, 0) is 23.9 Å². The highest BCUT2D eigenvalue weighted by Crippen LogP contribution is 2.45. The number of benzene rings is 1. The van der Waals surface area contributed by atoms with E-state index in [9.17, 15) is 24.5 Å². The Morgan fingerprint density at radius 2 is 1.90 bits per heavy atom. The summed E-state index contributed by atoms with van der Waals surface area (Å²) >= 11 is 0. The predicted octanol–water partition coefficient (Wildman–Crippen LogP) is 2.77. The van der Waals surface area contributed by atoms with Crippen LogP contribution in [0.3, 0.4) is 0 Å². The summed E-state index contributed by atoms with van der Waals surface area (Å²) in [5, 5.41) is 14.2. The van der Waals surface area contributed by atoms with E-state index in [2.05, 4.69) is 5.32 Å². The van der Waals surface area contributed by atoms with Crippen LogP contribution < -0.4 is 5.32 Å². The summed E-state index contributed by atoms with van der Waals surface area (Å²) in [6.45, 7) is 5.34. The molecule has 1 aliphatic heterocycles. The number of nitrogens with one attached hydrogen (secondary N) is 1. The molecule has 1 N–H and O–H groups in total. The Balaban J connectivity index is 2.18. The van der Waals surface area contributed by atoms with E-state index in [1.807, 2.05) is 0 Å². The van der Waals surface area contributed by atoms with Gasteiger partial charge in [0.05, 0.1) is 24.2 Å². The minimum absolute atomic E-state index is 0.110. The van der Waals surface area contributed by atoms with Crippen molar-refractivity contribution in [2.24, 2.45) is 11.8 Å². The molecule has 9 nitrogen and oxygen atoms in total. The third-order valence-corrected chi connectivity index (χ3v) is 5.68. The van der Waals surface area contributed by atoms with Gasteiger partial charge in [0.1, 0.15) is 5.92 Å². The van der Waals surface area contributed by atoms with Gasteiger partial charge in [-0.05, 0) is 31.7 Å². The molecule has 3 rings (SSSR count). The molecule has 0 radical (unpaired) electrons. The maximum atomic E-state index is 13.5. The number of Topliss-reactive ketones (excluding diaryl/α,β-unsaturated/α-hetero) is 1. The number of dihydropyridines is 1. The van der Waals surface area contributed by atoms with Crippen LogP contribution in [0, 0.1) is 22.0 Å². The largest absolute Gasteiger partial charge is 0.468 e. The number of hydrogen-bond acceptors (Lipinski definition) is 8.